The van der Waals surface area contributed by atoms with Crippen molar-refractivity contribution in [2.75, 3.05) is 4.72 Å². The van der Waals surface area contributed by atoms with E-state index in [4.69, 9.17) is 0 Å². The van der Waals surface area contributed by atoms with Gasteiger partial charge < -0.3 is 0 Å². The molecule has 0 fully saturated rings. The number of azo groups is 1. The molecular weight excluding hydrogens is 382 g/mol. The minimum Gasteiger partial charge on any atom is -0.280 e. The quantitative estimate of drug-likeness (QED) is 0.494. The molecule has 0 aliphatic rings. The Morgan fingerprint density at radius 2 is 1.07 bits per heavy atom. The Labute approximate surface area is 172 Å². The molecule has 0 heterocycles. The average molecular weight is 408 g/mol. The van der Waals surface area contributed by atoms with Gasteiger partial charge in [-0.15, -0.1) is 0 Å². The van der Waals surface area contributed by atoms with Crippen LogP contribution in [0.3, 0.4) is 0 Å². The van der Waals surface area contributed by atoms with Crippen LogP contribution in [0.25, 0.3) is 0 Å². The van der Waals surface area contributed by atoms with Crippen molar-refractivity contribution in [1.29, 1.82) is 0 Å². The van der Waals surface area contributed by atoms with Crippen molar-refractivity contribution in [2.45, 2.75) is 39.5 Å². The predicted octanol–water partition coefficient (Wildman–Crippen LogP) is 6.44. The van der Waals surface area contributed by atoms with E-state index in [0.29, 0.717) is 16.3 Å². The SMILES string of the molecule is Cc1c(C)c(C)c(S(=O)(=O)Nc2ccc(N=Nc3ccccc3)cc2)c(C)c1C. The summed E-state index contributed by atoms with van der Waals surface area (Å²) in [6.45, 7) is 9.66. The van der Waals surface area contributed by atoms with Crippen LogP contribution in [0, 0.1) is 34.6 Å². The average Bonchev–Trinajstić information content (AvgIpc) is 2.71. The first kappa shape index (κ1) is 20.7. The third-order valence-electron chi connectivity index (χ3n) is 5.36. The molecule has 150 valence electrons. The summed E-state index contributed by atoms with van der Waals surface area (Å²) in [5.74, 6) is 0. The molecular formula is C23H25N3O2S. The van der Waals surface area contributed by atoms with Crippen LogP contribution in [0.2, 0.25) is 0 Å². The van der Waals surface area contributed by atoms with Gasteiger partial charge in [-0.1, -0.05) is 18.2 Å². The molecule has 29 heavy (non-hydrogen) atoms. The fourth-order valence-corrected chi connectivity index (χ4v) is 4.94. The molecule has 0 saturated heterocycles. The van der Waals surface area contributed by atoms with Crippen molar-refractivity contribution < 1.29 is 8.42 Å². The minimum atomic E-state index is -3.71. The molecule has 5 nitrogen and oxygen atoms in total. The third kappa shape index (κ3) is 4.38. The second-order valence-electron chi connectivity index (χ2n) is 7.14. The summed E-state index contributed by atoms with van der Waals surface area (Å²) in [6, 6.07) is 16.3. The molecule has 0 bridgehead atoms. The van der Waals surface area contributed by atoms with E-state index in [1.54, 1.807) is 24.3 Å². The Bertz CT molecular complexity index is 1140. The molecule has 0 radical (unpaired) electrons. The van der Waals surface area contributed by atoms with E-state index in [0.717, 1.165) is 33.5 Å². The minimum absolute atomic E-state index is 0.353. The number of hydrogen-bond acceptors (Lipinski definition) is 4. The first-order chi connectivity index (χ1) is 13.7. The molecule has 0 unspecified atom stereocenters. The van der Waals surface area contributed by atoms with E-state index in [9.17, 15) is 8.42 Å². The van der Waals surface area contributed by atoms with E-state index in [2.05, 4.69) is 15.0 Å². The van der Waals surface area contributed by atoms with E-state index in [1.165, 1.54) is 0 Å². The Morgan fingerprint density at radius 3 is 1.59 bits per heavy atom. The van der Waals surface area contributed by atoms with Crippen LogP contribution >= 0.6 is 0 Å². The summed E-state index contributed by atoms with van der Waals surface area (Å²) < 4.78 is 28.9. The van der Waals surface area contributed by atoms with E-state index < -0.39 is 10.0 Å². The summed E-state index contributed by atoms with van der Waals surface area (Å²) in [5.41, 5.74) is 6.60. The van der Waals surface area contributed by atoms with Crippen LogP contribution < -0.4 is 4.72 Å². The first-order valence-corrected chi connectivity index (χ1v) is 10.9. The normalized spacial score (nSPS) is 11.8. The highest BCUT2D eigenvalue weighted by Crippen LogP contribution is 2.31. The van der Waals surface area contributed by atoms with Crippen LogP contribution in [0.4, 0.5) is 17.1 Å². The Hall–Kier alpha value is -2.99. The number of benzene rings is 3. The molecule has 0 spiro atoms. The number of anilines is 1. The van der Waals surface area contributed by atoms with Crippen LogP contribution in [-0.4, -0.2) is 8.42 Å². The lowest BCUT2D eigenvalue weighted by Gasteiger charge is -2.19. The maximum Gasteiger partial charge on any atom is 0.262 e. The van der Waals surface area contributed by atoms with Gasteiger partial charge in [-0.05, 0) is 98.8 Å². The number of hydrogen-bond donors (Lipinski definition) is 1. The zero-order valence-electron chi connectivity index (χ0n) is 17.3. The smallest absolute Gasteiger partial charge is 0.262 e. The Kier molecular flexibility index (Phi) is 5.84. The summed E-state index contributed by atoms with van der Waals surface area (Å²) in [6.07, 6.45) is 0. The lowest BCUT2D eigenvalue weighted by molar-refractivity contribution is 0.599. The first-order valence-electron chi connectivity index (χ1n) is 9.37. The van der Waals surface area contributed by atoms with Crippen molar-refractivity contribution in [2.24, 2.45) is 10.2 Å². The summed E-state index contributed by atoms with van der Waals surface area (Å²) in [5, 5.41) is 8.35. The molecule has 0 atom stereocenters. The van der Waals surface area contributed by atoms with E-state index >= 15 is 0 Å². The number of nitrogens with zero attached hydrogens (tertiary/aromatic N) is 2. The molecule has 0 saturated carbocycles. The molecule has 0 amide bonds. The second-order valence-corrected chi connectivity index (χ2v) is 8.76. The van der Waals surface area contributed by atoms with Crippen LogP contribution in [0.15, 0.2) is 69.7 Å². The lowest BCUT2D eigenvalue weighted by atomic mass is 9.95. The number of sulfonamides is 1. The van der Waals surface area contributed by atoms with Crippen molar-refractivity contribution in [3.63, 3.8) is 0 Å². The van der Waals surface area contributed by atoms with Crippen molar-refractivity contribution in [1.82, 2.24) is 0 Å². The second kappa shape index (κ2) is 8.17. The number of nitrogens with one attached hydrogen (secondary N) is 1. The highest BCUT2D eigenvalue weighted by molar-refractivity contribution is 7.92. The van der Waals surface area contributed by atoms with Gasteiger partial charge in [0.2, 0.25) is 0 Å². The highest BCUT2D eigenvalue weighted by Gasteiger charge is 2.23. The Balaban J connectivity index is 1.86. The van der Waals surface area contributed by atoms with Crippen molar-refractivity contribution in [3.05, 3.63) is 82.4 Å². The van der Waals surface area contributed by atoms with Crippen LogP contribution in [0.5, 0.6) is 0 Å². The maximum atomic E-state index is 13.1. The molecule has 1 N–H and O–H groups in total. The summed E-state index contributed by atoms with van der Waals surface area (Å²) >= 11 is 0. The Morgan fingerprint density at radius 1 is 0.621 bits per heavy atom. The fourth-order valence-electron chi connectivity index (χ4n) is 3.28. The number of rotatable bonds is 5. The molecule has 0 aromatic heterocycles. The molecule has 3 rings (SSSR count). The van der Waals surface area contributed by atoms with E-state index in [-0.39, 0.29) is 0 Å². The van der Waals surface area contributed by atoms with Gasteiger partial charge in [0, 0.05) is 5.69 Å². The molecule has 0 aliphatic heterocycles. The van der Waals surface area contributed by atoms with E-state index in [1.807, 2.05) is 65.0 Å². The topological polar surface area (TPSA) is 70.9 Å². The molecule has 6 heteroatoms. The zero-order valence-corrected chi connectivity index (χ0v) is 18.1. The van der Waals surface area contributed by atoms with Crippen molar-refractivity contribution >= 4 is 27.1 Å². The maximum absolute atomic E-state index is 13.1. The van der Waals surface area contributed by atoms with Gasteiger partial charge in [-0.25, -0.2) is 8.42 Å². The molecule has 3 aromatic rings. The van der Waals surface area contributed by atoms with Gasteiger partial charge in [-0.3, -0.25) is 4.72 Å². The largest absolute Gasteiger partial charge is 0.280 e. The molecule has 0 aliphatic carbocycles. The van der Waals surface area contributed by atoms with Gasteiger partial charge in [0.1, 0.15) is 0 Å². The van der Waals surface area contributed by atoms with Gasteiger partial charge in [0.15, 0.2) is 0 Å². The van der Waals surface area contributed by atoms with Gasteiger partial charge in [0.05, 0.1) is 16.3 Å². The third-order valence-corrected chi connectivity index (χ3v) is 7.01. The fraction of sp³-hybridized carbons (Fsp3) is 0.217. The zero-order chi connectivity index (χ0) is 21.2. The van der Waals surface area contributed by atoms with Crippen LogP contribution in [-0.2, 0) is 10.0 Å². The van der Waals surface area contributed by atoms with Crippen LogP contribution in [0.1, 0.15) is 27.8 Å². The van der Waals surface area contributed by atoms with Gasteiger partial charge >= 0.3 is 0 Å². The van der Waals surface area contributed by atoms with Crippen molar-refractivity contribution in [3.8, 4) is 0 Å². The predicted molar refractivity (Wildman–Crippen MR) is 118 cm³/mol. The van der Waals surface area contributed by atoms with Gasteiger partial charge in [0.25, 0.3) is 10.0 Å². The monoisotopic (exact) mass is 407 g/mol. The molecule has 3 aromatic carbocycles. The summed E-state index contributed by atoms with van der Waals surface area (Å²) in [7, 11) is -3.71. The standard InChI is InChI=1S/C23H25N3O2S/c1-15-16(2)18(4)23(19(5)17(15)3)29(27,28)26-22-13-11-21(12-14-22)25-24-20-9-7-6-8-10-20/h6-14,26H,1-5H3. The summed E-state index contributed by atoms with van der Waals surface area (Å²) in [4.78, 5) is 0.353. The van der Waals surface area contributed by atoms with Gasteiger partial charge in [-0.2, -0.15) is 10.2 Å². The highest BCUT2D eigenvalue weighted by atomic mass is 32.2. The lowest BCUT2D eigenvalue weighted by Crippen LogP contribution is -2.17.